The number of amides is 1. The number of allylic oxidation sites excluding steroid dienone is 5. The molecule has 0 aliphatic rings. The molecule has 0 aliphatic heterocycles. The molecule has 0 radical (unpaired) electrons. The second-order valence-corrected chi connectivity index (χ2v) is 20.7. The normalized spacial score (nSPS) is 12.8. The van der Waals surface area contributed by atoms with Crippen LogP contribution in [-0.4, -0.2) is 47.4 Å². The van der Waals surface area contributed by atoms with Crippen LogP contribution < -0.4 is 5.32 Å². The van der Waals surface area contributed by atoms with E-state index >= 15 is 0 Å². The fourth-order valence-corrected chi connectivity index (χ4v) is 9.25. The van der Waals surface area contributed by atoms with Crippen LogP contribution in [-0.2, 0) is 14.3 Å². The minimum atomic E-state index is -0.861. The maximum absolute atomic E-state index is 12.5. The van der Waals surface area contributed by atoms with Crippen molar-refractivity contribution >= 4 is 11.9 Å². The molecule has 0 heterocycles. The van der Waals surface area contributed by atoms with Crippen LogP contribution in [0.2, 0.25) is 0 Å². The molecule has 0 fully saturated rings. The zero-order valence-corrected chi connectivity index (χ0v) is 45.6. The first-order chi connectivity index (χ1) is 33.5. The third-order valence-electron chi connectivity index (χ3n) is 13.9. The van der Waals surface area contributed by atoms with Crippen molar-refractivity contribution in [2.24, 2.45) is 0 Å². The van der Waals surface area contributed by atoms with Gasteiger partial charge in [0.1, 0.15) is 0 Å². The summed E-state index contributed by atoms with van der Waals surface area (Å²) >= 11 is 0. The standard InChI is InChI=1S/C62H117NO5/c1-3-5-7-9-11-13-15-17-19-21-23-24-25-27-28-30-32-34-38-42-46-50-54-60(65)59(58-64)63-61(66)55-51-47-43-39-36-37-41-45-49-53-57-68-62(67)56-52-48-44-40-35-33-31-29-26-22-20-18-16-14-12-10-8-6-4-2/h12,14,18,20,50,54,59-60,64-65H,3-11,13,15-17,19,21-49,51-53,55-58H2,1-2H3,(H,63,66)/b14-12-,20-18-,54-50+. The SMILES string of the molecule is CCCCC/C=C\C/C=C\CCCCCCCCCCCC(=O)OCCCCCCCCCCCCC(=O)NC(CO)C(O)/C=C/CCCCCCCCCCCCCCCCCCCCCC. The van der Waals surface area contributed by atoms with Crippen LogP contribution >= 0.6 is 0 Å². The summed E-state index contributed by atoms with van der Waals surface area (Å²) in [6, 6.07) is -0.647. The van der Waals surface area contributed by atoms with Crippen LogP contribution in [0, 0.1) is 0 Å². The predicted octanol–water partition coefficient (Wildman–Crippen LogP) is 18.8. The number of hydrogen-bond donors (Lipinski definition) is 3. The zero-order chi connectivity index (χ0) is 49.3. The van der Waals surface area contributed by atoms with E-state index in [1.165, 1.54) is 231 Å². The average Bonchev–Trinajstić information content (AvgIpc) is 3.34. The smallest absolute Gasteiger partial charge is 0.305 e. The molecule has 0 aromatic heterocycles. The number of aliphatic hydroxyl groups is 2. The molecule has 2 unspecified atom stereocenters. The molecule has 0 aromatic carbocycles. The van der Waals surface area contributed by atoms with Crippen LogP contribution in [0.4, 0.5) is 0 Å². The van der Waals surface area contributed by atoms with Gasteiger partial charge in [-0.15, -0.1) is 0 Å². The van der Waals surface area contributed by atoms with Gasteiger partial charge in [0.15, 0.2) is 0 Å². The highest BCUT2D eigenvalue weighted by Gasteiger charge is 2.18. The second-order valence-electron chi connectivity index (χ2n) is 20.7. The van der Waals surface area contributed by atoms with E-state index in [0.29, 0.717) is 19.4 Å². The van der Waals surface area contributed by atoms with Crippen molar-refractivity contribution in [3.8, 4) is 0 Å². The van der Waals surface area contributed by atoms with E-state index in [0.717, 1.165) is 64.2 Å². The van der Waals surface area contributed by atoms with Gasteiger partial charge in [-0.3, -0.25) is 9.59 Å². The van der Waals surface area contributed by atoms with Crippen molar-refractivity contribution < 1.29 is 24.5 Å². The van der Waals surface area contributed by atoms with Gasteiger partial charge < -0.3 is 20.3 Å². The molecule has 1 amide bonds. The molecule has 400 valence electrons. The molecular weight excluding hydrogens is 839 g/mol. The summed E-state index contributed by atoms with van der Waals surface area (Å²) < 4.78 is 5.48. The van der Waals surface area contributed by atoms with Gasteiger partial charge in [0.25, 0.3) is 0 Å². The van der Waals surface area contributed by atoms with Gasteiger partial charge in [0.2, 0.25) is 5.91 Å². The highest BCUT2D eigenvalue weighted by molar-refractivity contribution is 5.76. The van der Waals surface area contributed by atoms with E-state index in [4.69, 9.17) is 4.74 Å². The molecule has 0 saturated carbocycles. The summed E-state index contributed by atoms with van der Waals surface area (Å²) in [5, 5.41) is 23.2. The van der Waals surface area contributed by atoms with Crippen molar-refractivity contribution in [1.29, 1.82) is 0 Å². The minimum Gasteiger partial charge on any atom is -0.466 e. The first-order valence-corrected chi connectivity index (χ1v) is 30.3. The molecule has 0 saturated heterocycles. The summed E-state index contributed by atoms with van der Waals surface area (Å²) in [4.78, 5) is 24.6. The van der Waals surface area contributed by atoms with Gasteiger partial charge >= 0.3 is 5.97 Å². The Labute approximate surface area is 424 Å². The Morgan fingerprint density at radius 2 is 0.735 bits per heavy atom. The summed E-state index contributed by atoms with van der Waals surface area (Å²) in [7, 11) is 0. The number of aliphatic hydroxyl groups excluding tert-OH is 2. The molecule has 3 N–H and O–H groups in total. The molecule has 0 rings (SSSR count). The Morgan fingerprint density at radius 1 is 0.412 bits per heavy atom. The maximum Gasteiger partial charge on any atom is 0.305 e. The quantitative estimate of drug-likeness (QED) is 0.0321. The summed E-state index contributed by atoms with van der Waals surface area (Å²) in [5.74, 6) is -0.113. The van der Waals surface area contributed by atoms with E-state index in [1.807, 2.05) is 6.08 Å². The van der Waals surface area contributed by atoms with Gasteiger partial charge in [-0.2, -0.15) is 0 Å². The monoisotopic (exact) mass is 956 g/mol. The first-order valence-electron chi connectivity index (χ1n) is 30.3. The number of hydrogen-bond acceptors (Lipinski definition) is 5. The maximum atomic E-state index is 12.5. The minimum absolute atomic E-state index is 0.0240. The van der Waals surface area contributed by atoms with E-state index < -0.39 is 12.1 Å². The predicted molar refractivity (Wildman–Crippen MR) is 296 cm³/mol. The number of rotatable bonds is 56. The molecular formula is C62H117NO5. The number of carbonyl (C=O) groups excluding carboxylic acids is 2. The molecule has 2 atom stereocenters. The van der Waals surface area contributed by atoms with Crippen LogP contribution in [0.3, 0.4) is 0 Å². The average molecular weight is 957 g/mol. The van der Waals surface area contributed by atoms with Crippen molar-refractivity contribution in [3.63, 3.8) is 0 Å². The van der Waals surface area contributed by atoms with Gasteiger partial charge in [0, 0.05) is 12.8 Å². The Morgan fingerprint density at radius 3 is 1.15 bits per heavy atom. The van der Waals surface area contributed by atoms with Crippen LogP contribution in [0.5, 0.6) is 0 Å². The number of carbonyl (C=O) groups is 2. The largest absolute Gasteiger partial charge is 0.466 e. The van der Waals surface area contributed by atoms with Gasteiger partial charge in [-0.25, -0.2) is 0 Å². The van der Waals surface area contributed by atoms with E-state index in [1.54, 1.807) is 6.08 Å². The van der Waals surface area contributed by atoms with E-state index in [9.17, 15) is 19.8 Å². The Balaban J connectivity index is 3.49. The lowest BCUT2D eigenvalue weighted by molar-refractivity contribution is -0.143. The Kier molecular flexibility index (Phi) is 56.0. The topological polar surface area (TPSA) is 95.9 Å². The Hall–Kier alpha value is -1.92. The van der Waals surface area contributed by atoms with Crippen molar-refractivity contribution in [2.45, 2.75) is 334 Å². The summed E-state index contributed by atoms with van der Waals surface area (Å²) in [6.45, 7) is 4.84. The zero-order valence-electron chi connectivity index (χ0n) is 45.6. The number of unbranched alkanes of at least 4 members (excludes halogenated alkanes) is 41. The highest BCUT2D eigenvalue weighted by atomic mass is 16.5. The second kappa shape index (κ2) is 57.7. The van der Waals surface area contributed by atoms with Gasteiger partial charge in [0.05, 0.1) is 25.4 Å². The number of nitrogens with one attached hydrogen (secondary N) is 1. The third-order valence-corrected chi connectivity index (χ3v) is 13.9. The lowest BCUT2D eigenvalue weighted by Crippen LogP contribution is -2.45. The van der Waals surface area contributed by atoms with Crippen molar-refractivity contribution in [2.75, 3.05) is 13.2 Å². The Bertz CT molecular complexity index is 1100. The summed E-state index contributed by atoms with van der Waals surface area (Å²) in [6.07, 6.45) is 71.7. The van der Waals surface area contributed by atoms with Crippen LogP contribution in [0.15, 0.2) is 36.5 Å². The molecule has 0 aromatic rings. The van der Waals surface area contributed by atoms with Gasteiger partial charge in [-0.1, -0.05) is 281 Å². The fraction of sp³-hybridized carbons (Fsp3) is 0.871. The van der Waals surface area contributed by atoms with E-state index in [2.05, 4.69) is 43.5 Å². The van der Waals surface area contributed by atoms with Crippen LogP contribution in [0.25, 0.3) is 0 Å². The fourth-order valence-electron chi connectivity index (χ4n) is 9.25. The number of ether oxygens (including phenoxy) is 1. The lowest BCUT2D eigenvalue weighted by atomic mass is 10.0. The first kappa shape index (κ1) is 66.1. The van der Waals surface area contributed by atoms with E-state index in [-0.39, 0.29) is 18.5 Å². The number of esters is 1. The van der Waals surface area contributed by atoms with Crippen LogP contribution in [0.1, 0.15) is 322 Å². The molecule has 0 spiro atoms. The third kappa shape index (κ3) is 53.4. The molecule has 6 nitrogen and oxygen atoms in total. The lowest BCUT2D eigenvalue weighted by Gasteiger charge is -2.20. The highest BCUT2D eigenvalue weighted by Crippen LogP contribution is 2.17. The summed E-state index contributed by atoms with van der Waals surface area (Å²) in [5.41, 5.74) is 0. The van der Waals surface area contributed by atoms with Gasteiger partial charge in [-0.05, 0) is 64.2 Å². The molecule has 68 heavy (non-hydrogen) atoms. The van der Waals surface area contributed by atoms with Crippen molar-refractivity contribution in [1.82, 2.24) is 5.32 Å². The van der Waals surface area contributed by atoms with Crippen molar-refractivity contribution in [3.05, 3.63) is 36.5 Å². The molecule has 0 bridgehead atoms. The molecule has 6 heteroatoms. The molecule has 0 aliphatic carbocycles.